The van der Waals surface area contributed by atoms with Gasteiger partial charge in [-0.1, -0.05) is 24.3 Å². The molecule has 2 aromatic heterocycles. The first kappa shape index (κ1) is 19.1. The number of fused-ring (bicyclic) bond motifs is 2. The molecule has 6 nitrogen and oxygen atoms in total. The molecule has 31 heavy (non-hydrogen) atoms. The number of carbonyl (C=O) groups excluding carboxylic acids is 2. The average Bonchev–Trinajstić information content (AvgIpc) is 3.32. The van der Waals surface area contributed by atoms with E-state index in [1.54, 1.807) is 28.9 Å². The average molecular weight is 411 g/mol. The summed E-state index contributed by atoms with van der Waals surface area (Å²) < 4.78 is 5.35. The Morgan fingerprint density at radius 3 is 2.61 bits per heavy atom. The number of carbonyl (C=O) groups is 2. The SMILES string of the molecule is CC(=O)N1c2ccc(-c3cnc4ccccc4c3)cc2N(C(=O)c2ccco2)C[C@@H]1C. The van der Waals surface area contributed by atoms with Crippen LogP contribution in [0.3, 0.4) is 0 Å². The quantitative estimate of drug-likeness (QED) is 0.471. The molecule has 1 aliphatic heterocycles. The molecule has 1 atom stereocenters. The maximum atomic E-state index is 13.2. The minimum atomic E-state index is -0.227. The highest BCUT2D eigenvalue weighted by Gasteiger charge is 2.35. The minimum absolute atomic E-state index is 0.0565. The van der Waals surface area contributed by atoms with Crippen LogP contribution < -0.4 is 9.80 Å². The Kier molecular flexibility index (Phi) is 4.55. The van der Waals surface area contributed by atoms with Crippen molar-refractivity contribution >= 4 is 34.1 Å². The van der Waals surface area contributed by atoms with Gasteiger partial charge in [0.2, 0.25) is 5.91 Å². The van der Waals surface area contributed by atoms with E-state index in [1.165, 1.54) is 6.26 Å². The number of rotatable bonds is 2. The van der Waals surface area contributed by atoms with E-state index in [1.807, 2.05) is 55.6 Å². The van der Waals surface area contributed by atoms with Gasteiger partial charge >= 0.3 is 0 Å². The van der Waals surface area contributed by atoms with Crippen molar-refractivity contribution in [2.45, 2.75) is 19.9 Å². The van der Waals surface area contributed by atoms with Crippen LogP contribution in [0.25, 0.3) is 22.0 Å². The fourth-order valence-corrected chi connectivity index (χ4v) is 4.24. The molecule has 0 unspecified atom stereocenters. The number of hydrogen-bond acceptors (Lipinski definition) is 4. The molecular weight excluding hydrogens is 390 g/mol. The third kappa shape index (κ3) is 3.26. The first-order valence-electron chi connectivity index (χ1n) is 10.2. The molecule has 5 rings (SSSR count). The number of benzene rings is 2. The summed E-state index contributed by atoms with van der Waals surface area (Å²) >= 11 is 0. The smallest absolute Gasteiger partial charge is 0.294 e. The molecule has 0 fully saturated rings. The van der Waals surface area contributed by atoms with Crippen molar-refractivity contribution in [2.75, 3.05) is 16.3 Å². The number of amides is 2. The fourth-order valence-electron chi connectivity index (χ4n) is 4.24. The Morgan fingerprint density at radius 1 is 1.00 bits per heavy atom. The Bertz CT molecular complexity index is 1300. The van der Waals surface area contributed by atoms with Crippen molar-refractivity contribution in [3.63, 3.8) is 0 Å². The molecule has 2 amide bonds. The van der Waals surface area contributed by atoms with Gasteiger partial charge in [0.05, 0.1) is 29.2 Å². The second kappa shape index (κ2) is 7.40. The summed E-state index contributed by atoms with van der Waals surface area (Å²) in [5.41, 5.74) is 4.19. The molecule has 0 N–H and O–H groups in total. The van der Waals surface area contributed by atoms with Crippen LogP contribution in [0.1, 0.15) is 24.4 Å². The normalized spacial score (nSPS) is 15.7. The maximum absolute atomic E-state index is 13.2. The molecule has 3 heterocycles. The fraction of sp³-hybridized carbons (Fsp3) is 0.160. The van der Waals surface area contributed by atoms with E-state index in [0.29, 0.717) is 17.9 Å². The monoisotopic (exact) mass is 411 g/mol. The highest BCUT2D eigenvalue weighted by atomic mass is 16.3. The second-order valence-corrected chi connectivity index (χ2v) is 7.75. The van der Waals surface area contributed by atoms with E-state index in [4.69, 9.17) is 4.42 Å². The molecule has 0 aliphatic carbocycles. The summed E-state index contributed by atoms with van der Waals surface area (Å²) in [7, 11) is 0. The van der Waals surface area contributed by atoms with E-state index in [-0.39, 0.29) is 23.6 Å². The third-order valence-corrected chi connectivity index (χ3v) is 5.65. The third-order valence-electron chi connectivity index (χ3n) is 5.65. The zero-order valence-electron chi connectivity index (χ0n) is 17.3. The van der Waals surface area contributed by atoms with Crippen molar-refractivity contribution in [2.24, 2.45) is 0 Å². The number of nitrogens with zero attached hydrogens (tertiary/aromatic N) is 3. The van der Waals surface area contributed by atoms with Gasteiger partial charge in [-0.15, -0.1) is 0 Å². The van der Waals surface area contributed by atoms with E-state index in [9.17, 15) is 9.59 Å². The van der Waals surface area contributed by atoms with Crippen molar-refractivity contribution < 1.29 is 14.0 Å². The van der Waals surface area contributed by atoms with Crippen LogP contribution in [0.2, 0.25) is 0 Å². The molecule has 2 aromatic carbocycles. The van der Waals surface area contributed by atoms with Gasteiger partial charge in [0, 0.05) is 30.6 Å². The van der Waals surface area contributed by atoms with Crippen LogP contribution in [0, 0.1) is 0 Å². The lowest BCUT2D eigenvalue weighted by Gasteiger charge is -2.40. The predicted octanol–water partition coefficient (Wildman–Crippen LogP) is 4.90. The van der Waals surface area contributed by atoms with Gasteiger partial charge < -0.3 is 14.2 Å². The molecule has 0 bridgehead atoms. The van der Waals surface area contributed by atoms with Gasteiger partial charge in [0.15, 0.2) is 5.76 Å². The second-order valence-electron chi connectivity index (χ2n) is 7.75. The molecule has 1 aliphatic rings. The van der Waals surface area contributed by atoms with Crippen LogP contribution in [0.15, 0.2) is 77.5 Å². The van der Waals surface area contributed by atoms with Crippen molar-refractivity contribution in [1.82, 2.24) is 4.98 Å². The predicted molar refractivity (Wildman–Crippen MR) is 120 cm³/mol. The Labute approximate surface area is 179 Å². The highest BCUT2D eigenvalue weighted by molar-refractivity contribution is 6.10. The lowest BCUT2D eigenvalue weighted by Crippen LogP contribution is -2.51. The van der Waals surface area contributed by atoms with Gasteiger partial charge in [0.1, 0.15) is 0 Å². The number of para-hydroxylation sites is 1. The van der Waals surface area contributed by atoms with Crippen LogP contribution in [-0.2, 0) is 4.79 Å². The molecule has 4 aromatic rings. The van der Waals surface area contributed by atoms with Crippen LogP contribution in [0.4, 0.5) is 11.4 Å². The lowest BCUT2D eigenvalue weighted by molar-refractivity contribution is -0.117. The van der Waals surface area contributed by atoms with Gasteiger partial charge in [-0.3, -0.25) is 14.6 Å². The van der Waals surface area contributed by atoms with E-state index in [0.717, 1.165) is 22.0 Å². The molecule has 0 saturated heterocycles. The van der Waals surface area contributed by atoms with Crippen LogP contribution in [-0.4, -0.2) is 29.4 Å². The van der Waals surface area contributed by atoms with Gasteiger partial charge in [0.25, 0.3) is 5.91 Å². The Balaban J connectivity index is 1.64. The van der Waals surface area contributed by atoms with Gasteiger partial charge in [-0.25, -0.2) is 0 Å². The standard InChI is InChI=1S/C25H21N3O3/c1-16-15-27(25(30)24-8-5-11-31-24)23-13-18(9-10-22(23)28(16)17(2)29)20-12-19-6-3-4-7-21(19)26-14-20/h3-14,16H,15H2,1-2H3/t16-/m0/s1. The minimum Gasteiger partial charge on any atom is -0.459 e. The first-order chi connectivity index (χ1) is 15.0. The number of pyridine rings is 1. The van der Waals surface area contributed by atoms with Crippen LogP contribution in [0.5, 0.6) is 0 Å². The zero-order chi connectivity index (χ0) is 21.5. The molecule has 6 heteroatoms. The van der Waals surface area contributed by atoms with E-state index < -0.39 is 0 Å². The number of furan rings is 1. The molecular formula is C25H21N3O3. The first-order valence-corrected chi connectivity index (χ1v) is 10.2. The van der Waals surface area contributed by atoms with Crippen molar-refractivity contribution in [1.29, 1.82) is 0 Å². The molecule has 0 spiro atoms. The lowest BCUT2D eigenvalue weighted by atomic mass is 10.0. The Morgan fingerprint density at radius 2 is 1.84 bits per heavy atom. The highest BCUT2D eigenvalue weighted by Crippen LogP contribution is 2.39. The summed E-state index contributed by atoms with van der Waals surface area (Å²) in [6, 6.07) is 19.0. The topological polar surface area (TPSA) is 66.7 Å². The van der Waals surface area contributed by atoms with Gasteiger partial charge in [-0.2, -0.15) is 0 Å². The summed E-state index contributed by atoms with van der Waals surface area (Å²) in [5.74, 6) is -0.0127. The van der Waals surface area contributed by atoms with Crippen LogP contribution >= 0.6 is 0 Å². The summed E-state index contributed by atoms with van der Waals surface area (Å²) in [4.78, 5) is 33.5. The van der Waals surface area contributed by atoms with Crippen molar-refractivity contribution in [3.05, 3.63) is 78.9 Å². The van der Waals surface area contributed by atoms with Gasteiger partial charge in [-0.05, 0) is 48.9 Å². The van der Waals surface area contributed by atoms with E-state index >= 15 is 0 Å². The Hall–Kier alpha value is -3.93. The number of aromatic nitrogens is 1. The summed E-state index contributed by atoms with van der Waals surface area (Å²) in [5, 5.41) is 1.04. The molecule has 0 saturated carbocycles. The summed E-state index contributed by atoms with van der Waals surface area (Å²) in [6.45, 7) is 3.87. The largest absolute Gasteiger partial charge is 0.459 e. The maximum Gasteiger partial charge on any atom is 0.294 e. The molecule has 154 valence electrons. The van der Waals surface area contributed by atoms with Crippen molar-refractivity contribution in [3.8, 4) is 11.1 Å². The van der Waals surface area contributed by atoms with E-state index in [2.05, 4.69) is 11.1 Å². The molecule has 0 radical (unpaired) electrons. The summed E-state index contributed by atoms with van der Waals surface area (Å²) in [6.07, 6.45) is 3.32. The number of anilines is 2. The number of hydrogen-bond donors (Lipinski definition) is 0. The zero-order valence-corrected chi connectivity index (χ0v) is 17.3.